The van der Waals surface area contributed by atoms with E-state index in [1.807, 2.05) is 0 Å². The van der Waals surface area contributed by atoms with Gasteiger partial charge in [-0.15, -0.1) is 0 Å². The van der Waals surface area contributed by atoms with Crippen LogP contribution in [-0.4, -0.2) is 20.4 Å². The molecule has 0 saturated heterocycles. The first-order valence-electron chi connectivity index (χ1n) is 3.97. The summed E-state index contributed by atoms with van der Waals surface area (Å²) < 4.78 is 29.5. The second-order valence-corrected chi connectivity index (χ2v) is 3.92. The Morgan fingerprint density at radius 1 is 1.00 bits per heavy atom. The summed E-state index contributed by atoms with van der Waals surface area (Å²) in [7, 11) is -4.68. The Balaban J connectivity index is 2.52. The van der Waals surface area contributed by atoms with Crippen LogP contribution in [-0.2, 0) is 23.8 Å². The van der Waals surface area contributed by atoms with Gasteiger partial charge in [-0.2, -0.15) is 8.42 Å². The quantitative estimate of drug-likeness (QED) is 0.601. The van der Waals surface area contributed by atoms with Gasteiger partial charge in [-0.05, 0) is 22.5 Å². The average Bonchev–Trinajstić information content (AvgIpc) is 2.27. The first-order valence-corrected chi connectivity index (χ1v) is 5.30. The Bertz CT molecular complexity index is 560. The summed E-state index contributed by atoms with van der Waals surface area (Å²) in [4.78, 5) is 26.4. The van der Waals surface area contributed by atoms with E-state index in [1.165, 1.54) is 18.2 Å². The van der Waals surface area contributed by atoms with Crippen LogP contribution in [0.4, 0.5) is 0 Å². The first-order chi connectivity index (χ1) is 7.48. The SMILES string of the molecule is O=C1OOS(=O)(=O)OC(=O)c2cccc1c2. The summed E-state index contributed by atoms with van der Waals surface area (Å²) in [6.45, 7) is 0. The van der Waals surface area contributed by atoms with Crippen LogP contribution in [0.15, 0.2) is 24.3 Å². The van der Waals surface area contributed by atoms with Crippen LogP contribution in [0.3, 0.4) is 0 Å². The van der Waals surface area contributed by atoms with Crippen LogP contribution in [0.25, 0.3) is 0 Å². The van der Waals surface area contributed by atoms with Crippen molar-refractivity contribution in [2.24, 2.45) is 0 Å². The topological polar surface area (TPSA) is 96.0 Å². The predicted molar refractivity (Wildman–Crippen MR) is 47.3 cm³/mol. The zero-order valence-corrected chi connectivity index (χ0v) is 8.39. The predicted octanol–water partition coefficient (Wildman–Crippen LogP) is 0.190. The summed E-state index contributed by atoms with van der Waals surface area (Å²) in [5, 5.41) is 0. The lowest BCUT2D eigenvalue weighted by molar-refractivity contribution is -0.151. The summed E-state index contributed by atoms with van der Waals surface area (Å²) in [6, 6.07) is 5.14. The molecule has 7 nitrogen and oxygen atoms in total. The van der Waals surface area contributed by atoms with E-state index in [0.29, 0.717) is 0 Å². The molecule has 0 spiro atoms. The fourth-order valence-corrected chi connectivity index (χ4v) is 1.50. The zero-order chi connectivity index (χ0) is 11.8. The highest BCUT2D eigenvalue weighted by Gasteiger charge is 2.26. The van der Waals surface area contributed by atoms with Crippen LogP contribution in [0.5, 0.6) is 0 Å². The van der Waals surface area contributed by atoms with Gasteiger partial charge in [0.25, 0.3) is 0 Å². The smallest absolute Gasteiger partial charge is 0.318 e. The second kappa shape index (κ2) is 3.58. The maximum absolute atomic E-state index is 11.3. The lowest BCUT2D eigenvalue weighted by Crippen LogP contribution is -2.16. The van der Waals surface area contributed by atoms with Crippen molar-refractivity contribution < 1.29 is 31.4 Å². The standard InChI is InChI=1S/C8H4O7S/c9-7-5-2-1-3-6(4-5)8(10)14-16(11,12)15-13-7/h1-4H. The molecule has 0 amide bonds. The molecule has 2 rings (SSSR count). The Kier molecular flexibility index (Phi) is 2.37. The van der Waals surface area contributed by atoms with Gasteiger partial charge in [0.1, 0.15) is 0 Å². The Labute approximate surface area is 89.8 Å². The minimum atomic E-state index is -4.68. The molecule has 0 fully saturated rings. The maximum atomic E-state index is 11.3. The minimum absolute atomic E-state index is 0.0217. The molecule has 1 aliphatic heterocycles. The molecule has 1 aromatic rings. The minimum Gasteiger partial charge on any atom is -0.318 e. The third kappa shape index (κ3) is 2.02. The maximum Gasteiger partial charge on any atom is 0.488 e. The highest BCUT2D eigenvalue weighted by molar-refractivity contribution is 7.82. The fourth-order valence-electron chi connectivity index (χ4n) is 1.05. The highest BCUT2D eigenvalue weighted by Crippen LogP contribution is 2.13. The van der Waals surface area contributed by atoms with Crippen molar-refractivity contribution >= 4 is 22.3 Å². The van der Waals surface area contributed by atoms with Gasteiger partial charge >= 0.3 is 22.3 Å². The van der Waals surface area contributed by atoms with Crippen molar-refractivity contribution in [3.63, 3.8) is 0 Å². The molecule has 1 aromatic carbocycles. The lowest BCUT2D eigenvalue weighted by atomic mass is 10.1. The molecule has 0 aromatic heterocycles. The first kappa shape index (κ1) is 10.6. The number of hydrogen-bond acceptors (Lipinski definition) is 7. The molecule has 84 valence electrons. The van der Waals surface area contributed by atoms with Gasteiger partial charge in [-0.3, -0.25) is 4.89 Å². The zero-order valence-electron chi connectivity index (χ0n) is 7.58. The Morgan fingerprint density at radius 3 is 2.31 bits per heavy atom. The lowest BCUT2D eigenvalue weighted by Gasteiger charge is -2.00. The summed E-state index contributed by atoms with van der Waals surface area (Å²) in [5.41, 5.74) is -0.116. The van der Waals surface area contributed by atoms with Crippen LogP contribution < -0.4 is 0 Å². The number of fused-ring (bicyclic) bond motifs is 2. The Hall–Kier alpha value is -1.93. The molecule has 0 aliphatic carbocycles. The van der Waals surface area contributed by atoms with Crippen molar-refractivity contribution in [3.8, 4) is 0 Å². The molecule has 0 saturated carbocycles. The average molecular weight is 244 g/mol. The number of carbonyl (C=O) groups is 2. The van der Waals surface area contributed by atoms with E-state index in [9.17, 15) is 18.0 Å². The number of benzene rings is 1. The summed E-state index contributed by atoms with van der Waals surface area (Å²) in [5.74, 6) is -2.19. The van der Waals surface area contributed by atoms with Gasteiger partial charge < -0.3 is 4.18 Å². The monoisotopic (exact) mass is 244 g/mol. The molecule has 0 N–H and O–H groups in total. The molecule has 1 heterocycles. The normalized spacial score (nSPS) is 18.8. The third-order valence-electron chi connectivity index (χ3n) is 1.70. The Morgan fingerprint density at radius 2 is 1.62 bits per heavy atom. The van der Waals surface area contributed by atoms with Gasteiger partial charge in [0.2, 0.25) is 0 Å². The van der Waals surface area contributed by atoms with E-state index < -0.39 is 22.3 Å². The molecule has 2 bridgehead atoms. The summed E-state index contributed by atoms with van der Waals surface area (Å²) >= 11 is 0. The van der Waals surface area contributed by atoms with Crippen LogP contribution >= 0.6 is 0 Å². The van der Waals surface area contributed by atoms with Gasteiger partial charge in [-0.25, -0.2) is 9.59 Å². The molecular weight excluding hydrogens is 240 g/mol. The number of carbonyl (C=O) groups excluding carboxylic acids is 2. The van der Waals surface area contributed by atoms with Crippen LogP contribution in [0, 0.1) is 0 Å². The van der Waals surface area contributed by atoms with E-state index in [0.717, 1.165) is 6.07 Å². The van der Waals surface area contributed by atoms with Crippen molar-refractivity contribution in [2.75, 3.05) is 0 Å². The van der Waals surface area contributed by atoms with Crippen molar-refractivity contribution in [1.29, 1.82) is 0 Å². The molecule has 16 heavy (non-hydrogen) atoms. The van der Waals surface area contributed by atoms with Crippen molar-refractivity contribution in [3.05, 3.63) is 35.4 Å². The number of hydrogen-bond donors (Lipinski definition) is 0. The molecular formula is C8H4O7S. The molecule has 0 radical (unpaired) electrons. The van der Waals surface area contributed by atoms with Gasteiger partial charge in [-0.1, -0.05) is 6.07 Å². The highest BCUT2D eigenvalue weighted by atomic mass is 32.3. The second-order valence-electron chi connectivity index (χ2n) is 2.80. The van der Waals surface area contributed by atoms with Crippen molar-refractivity contribution in [1.82, 2.24) is 0 Å². The van der Waals surface area contributed by atoms with E-state index in [2.05, 4.69) is 13.4 Å². The van der Waals surface area contributed by atoms with E-state index in [1.54, 1.807) is 0 Å². The molecule has 8 heteroatoms. The third-order valence-corrected chi connectivity index (χ3v) is 2.29. The van der Waals surface area contributed by atoms with E-state index in [-0.39, 0.29) is 11.1 Å². The summed E-state index contributed by atoms with van der Waals surface area (Å²) in [6.07, 6.45) is 0. The van der Waals surface area contributed by atoms with E-state index >= 15 is 0 Å². The van der Waals surface area contributed by atoms with Crippen LogP contribution in [0.2, 0.25) is 0 Å². The van der Waals surface area contributed by atoms with E-state index in [4.69, 9.17) is 0 Å². The fraction of sp³-hybridized carbons (Fsp3) is 0. The van der Waals surface area contributed by atoms with Crippen molar-refractivity contribution in [2.45, 2.75) is 0 Å². The van der Waals surface area contributed by atoms with Gasteiger partial charge in [0.05, 0.1) is 11.1 Å². The van der Waals surface area contributed by atoms with Crippen LogP contribution in [0.1, 0.15) is 20.7 Å². The largest absolute Gasteiger partial charge is 0.488 e. The van der Waals surface area contributed by atoms with Gasteiger partial charge in [0.15, 0.2) is 0 Å². The molecule has 1 aliphatic rings. The number of rotatable bonds is 0. The molecule has 0 atom stereocenters. The van der Waals surface area contributed by atoms with Gasteiger partial charge in [0, 0.05) is 0 Å². The molecule has 0 unspecified atom stereocenters.